The maximum absolute atomic E-state index is 11.7. The number of ether oxygens (including phenoxy) is 2. The molecule has 1 saturated carbocycles. The van der Waals surface area contributed by atoms with Crippen LogP contribution in [0.3, 0.4) is 0 Å². The number of rotatable bonds is 4. The maximum Gasteiger partial charge on any atom is 0.157 e. The van der Waals surface area contributed by atoms with E-state index < -0.39 is 0 Å². The standard InChI is InChI=1S/C22H28O4/c1-13(2)6-5-8-22(4)16-7-9-21(3)11-14(16)19-18(25-21)10-17(24)15(12-23)20(19)26-22/h6,10,12,14,16,24H,5,7-9,11H2,1-4H3. The predicted molar refractivity (Wildman–Crippen MR) is 100 cm³/mol. The number of carbonyl (C=O) groups excluding carboxylic acids is 1. The molecule has 0 spiro atoms. The van der Waals surface area contributed by atoms with Crippen molar-refractivity contribution in [3.63, 3.8) is 0 Å². The molecule has 1 aromatic carbocycles. The van der Waals surface area contributed by atoms with E-state index in [2.05, 4.69) is 33.8 Å². The Hall–Kier alpha value is -1.97. The second kappa shape index (κ2) is 5.77. The van der Waals surface area contributed by atoms with Gasteiger partial charge < -0.3 is 14.6 Å². The van der Waals surface area contributed by atoms with Crippen LogP contribution in [0.15, 0.2) is 17.7 Å². The molecule has 1 aromatic rings. The van der Waals surface area contributed by atoms with E-state index in [1.54, 1.807) is 6.07 Å². The molecule has 2 aliphatic heterocycles. The highest BCUT2D eigenvalue weighted by Crippen LogP contribution is 2.62. The SMILES string of the molecule is CC(C)=CCCC1(C)Oc2c(C=O)c(O)cc3c2C2CC(C)(CCC21)O3. The van der Waals surface area contributed by atoms with Gasteiger partial charge in [0.15, 0.2) is 6.29 Å². The summed E-state index contributed by atoms with van der Waals surface area (Å²) >= 11 is 0. The number of hydrogen-bond acceptors (Lipinski definition) is 4. The number of phenolic OH excluding ortho intramolecular Hbond substituents is 1. The van der Waals surface area contributed by atoms with Crippen LogP contribution in [0.1, 0.15) is 81.6 Å². The van der Waals surface area contributed by atoms with Crippen LogP contribution >= 0.6 is 0 Å². The number of benzene rings is 1. The molecule has 4 unspecified atom stereocenters. The topological polar surface area (TPSA) is 55.8 Å². The predicted octanol–water partition coefficient (Wildman–Crippen LogP) is 5.14. The molecular weight excluding hydrogens is 328 g/mol. The van der Waals surface area contributed by atoms with E-state index in [9.17, 15) is 9.90 Å². The first-order chi connectivity index (χ1) is 12.3. The molecule has 1 fully saturated rings. The first-order valence-electron chi connectivity index (χ1n) is 9.63. The highest BCUT2D eigenvalue weighted by Gasteiger charge is 2.56. The molecule has 4 nitrogen and oxygen atoms in total. The smallest absolute Gasteiger partial charge is 0.157 e. The van der Waals surface area contributed by atoms with Gasteiger partial charge in [-0.05, 0) is 59.8 Å². The van der Waals surface area contributed by atoms with Gasteiger partial charge in [-0.3, -0.25) is 4.79 Å². The third-order valence-electron chi connectivity index (χ3n) is 6.58. The van der Waals surface area contributed by atoms with Crippen LogP contribution in [0.25, 0.3) is 0 Å². The third kappa shape index (κ3) is 2.53. The normalized spacial score (nSPS) is 33.7. The minimum absolute atomic E-state index is 0.0533. The van der Waals surface area contributed by atoms with Gasteiger partial charge in [-0.15, -0.1) is 0 Å². The van der Waals surface area contributed by atoms with Gasteiger partial charge >= 0.3 is 0 Å². The fourth-order valence-electron chi connectivity index (χ4n) is 5.27. The van der Waals surface area contributed by atoms with Gasteiger partial charge in [0.05, 0.1) is 5.56 Å². The number of hydrogen-bond donors (Lipinski definition) is 1. The van der Waals surface area contributed by atoms with Gasteiger partial charge in [-0.2, -0.15) is 0 Å². The van der Waals surface area contributed by atoms with Crippen molar-refractivity contribution in [1.29, 1.82) is 0 Å². The van der Waals surface area contributed by atoms with E-state index in [0.29, 0.717) is 29.6 Å². The second-order valence-corrected chi connectivity index (χ2v) is 8.91. The zero-order valence-electron chi connectivity index (χ0n) is 16.1. The van der Waals surface area contributed by atoms with Crippen LogP contribution in [-0.4, -0.2) is 22.6 Å². The highest BCUT2D eigenvalue weighted by atomic mass is 16.5. The summed E-state index contributed by atoms with van der Waals surface area (Å²) in [6.45, 7) is 8.56. The fourth-order valence-corrected chi connectivity index (χ4v) is 5.27. The molecule has 2 heterocycles. The van der Waals surface area contributed by atoms with Crippen molar-refractivity contribution in [2.75, 3.05) is 0 Å². The summed E-state index contributed by atoms with van der Waals surface area (Å²) in [5, 5.41) is 10.4. The van der Waals surface area contributed by atoms with Gasteiger partial charge in [0.1, 0.15) is 28.5 Å². The summed E-state index contributed by atoms with van der Waals surface area (Å²) < 4.78 is 12.8. The monoisotopic (exact) mass is 356 g/mol. The molecule has 140 valence electrons. The zero-order chi connectivity index (χ0) is 18.7. The van der Waals surface area contributed by atoms with E-state index >= 15 is 0 Å². The van der Waals surface area contributed by atoms with Crippen molar-refractivity contribution in [3.8, 4) is 17.2 Å². The van der Waals surface area contributed by atoms with Gasteiger partial charge in [0.2, 0.25) is 0 Å². The molecule has 2 bridgehead atoms. The van der Waals surface area contributed by atoms with Crippen LogP contribution in [0.2, 0.25) is 0 Å². The van der Waals surface area contributed by atoms with Gasteiger partial charge in [0, 0.05) is 23.5 Å². The number of allylic oxidation sites excluding steroid dienone is 2. The van der Waals surface area contributed by atoms with Crippen LogP contribution in [-0.2, 0) is 0 Å². The Morgan fingerprint density at radius 3 is 2.81 bits per heavy atom. The van der Waals surface area contributed by atoms with Gasteiger partial charge in [-0.25, -0.2) is 0 Å². The first-order valence-corrected chi connectivity index (χ1v) is 9.63. The van der Waals surface area contributed by atoms with Crippen molar-refractivity contribution in [2.45, 2.75) is 76.9 Å². The Morgan fingerprint density at radius 2 is 2.12 bits per heavy atom. The van der Waals surface area contributed by atoms with Crippen molar-refractivity contribution in [2.24, 2.45) is 5.92 Å². The minimum atomic E-state index is -0.342. The average Bonchev–Trinajstić information content (AvgIpc) is 2.53. The minimum Gasteiger partial charge on any atom is -0.507 e. The molecule has 0 aromatic heterocycles. The van der Waals surface area contributed by atoms with E-state index in [0.717, 1.165) is 37.7 Å². The summed E-state index contributed by atoms with van der Waals surface area (Å²) in [7, 11) is 0. The van der Waals surface area contributed by atoms with Gasteiger partial charge in [0.25, 0.3) is 0 Å². The number of aldehydes is 1. The number of aromatic hydroxyl groups is 1. The van der Waals surface area contributed by atoms with E-state index in [4.69, 9.17) is 9.47 Å². The van der Waals surface area contributed by atoms with Crippen molar-refractivity contribution >= 4 is 6.29 Å². The Labute approximate surface area is 155 Å². The van der Waals surface area contributed by atoms with Crippen LogP contribution in [0, 0.1) is 5.92 Å². The lowest BCUT2D eigenvalue weighted by atomic mass is 9.60. The molecule has 1 N–H and O–H groups in total. The summed E-state index contributed by atoms with van der Waals surface area (Å²) in [6, 6.07) is 1.60. The number of phenols is 1. The Morgan fingerprint density at radius 1 is 1.35 bits per heavy atom. The molecule has 1 aliphatic carbocycles. The quantitative estimate of drug-likeness (QED) is 0.600. The van der Waals surface area contributed by atoms with Crippen LogP contribution < -0.4 is 9.47 Å². The largest absolute Gasteiger partial charge is 0.507 e. The van der Waals surface area contributed by atoms with Crippen LogP contribution in [0.4, 0.5) is 0 Å². The molecule has 4 rings (SSSR count). The average molecular weight is 356 g/mol. The lowest BCUT2D eigenvalue weighted by molar-refractivity contribution is -0.0839. The van der Waals surface area contributed by atoms with Crippen LogP contribution in [0.5, 0.6) is 17.2 Å². The summed E-state index contributed by atoms with van der Waals surface area (Å²) in [5.74, 6) is 1.90. The third-order valence-corrected chi connectivity index (χ3v) is 6.58. The lowest BCUT2D eigenvalue weighted by Crippen LogP contribution is -2.55. The van der Waals surface area contributed by atoms with Crippen molar-refractivity contribution in [3.05, 3.63) is 28.8 Å². The lowest BCUT2D eigenvalue weighted by Gasteiger charge is -2.56. The van der Waals surface area contributed by atoms with E-state index in [1.807, 2.05) is 0 Å². The molecule has 0 radical (unpaired) electrons. The number of carbonyl (C=O) groups is 1. The summed E-state index contributed by atoms with van der Waals surface area (Å²) in [6.07, 6.45) is 7.80. The van der Waals surface area contributed by atoms with Gasteiger partial charge in [-0.1, -0.05) is 11.6 Å². The molecule has 4 heteroatoms. The highest BCUT2D eigenvalue weighted by molar-refractivity contribution is 5.86. The second-order valence-electron chi connectivity index (χ2n) is 8.91. The number of fused-ring (bicyclic) bond motifs is 1. The molecule has 0 amide bonds. The Bertz CT molecular complexity index is 792. The molecule has 0 saturated heterocycles. The maximum atomic E-state index is 11.7. The van der Waals surface area contributed by atoms with Crippen molar-refractivity contribution < 1.29 is 19.4 Å². The summed E-state index contributed by atoms with van der Waals surface area (Å²) in [5.41, 5.74) is 2.02. The van der Waals surface area contributed by atoms with E-state index in [-0.39, 0.29) is 22.5 Å². The first kappa shape index (κ1) is 17.4. The Kier molecular flexibility index (Phi) is 3.87. The molecular formula is C22H28O4. The molecule has 3 aliphatic rings. The van der Waals surface area contributed by atoms with Crippen molar-refractivity contribution in [1.82, 2.24) is 0 Å². The molecule has 26 heavy (non-hydrogen) atoms. The zero-order valence-corrected chi connectivity index (χ0v) is 16.1. The van der Waals surface area contributed by atoms with E-state index in [1.165, 1.54) is 5.57 Å². The summed E-state index contributed by atoms with van der Waals surface area (Å²) in [4.78, 5) is 11.7. The fraction of sp³-hybridized carbons (Fsp3) is 0.591. The molecule has 4 atom stereocenters. The Balaban J connectivity index is 1.84.